The molecule has 1 heterocycles. The molecule has 100 valence electrons. The Morgan fingerprint density at radius 2 is 1.70 bits per heavy atom. The number of hydrogen-bond donors (Lipinski definition) is 0. The van der Waals surface area contributed by atoms with Crippen LogP contribution in [0.25, 0.3) is 21.2 Å². The van der Waals surface area contributed by atoms with Gasteiger partial charge < -0.3 is 0 Å². The summed E-state index contributed by atoms with van der Waals surface area (Å²) < 4.78 is 0. The number of thiophene rings is 1. The van der Waals surface area contributed by atoms with Crippen molar-refractivity contribution in [1.82, 2.24) is 0 Å². The van der Waals surface area contributed by atoms with Crippen molar-refractivity contribution >= 4 is 27.9 Å². The van der Waals surface area contributed by atoms with E-state index in [1.54, 1.807) is 11.3 Å². The fourth-order valence-electron chi connectivity index (χ4n) is 2.34. The van der Waals surface area contributed by atoms with Crippen LogP contribution in [-0.2, 0) is 0 Å². The minimum atomic E-state index is 0.0500. The van der Waals surface area contributed by atoms with Crippen molar-refractivity contribution in [2.45, 2.75) is 13.8 Å². The zero-order chi connectivity index (χ0) is 14.1. The molecule has 0 unspecified atom stereocenters. The lowest BCUT2D eigenvalue weighted by Crippen LogP contribution is -2.04. The molecule has 0 N–H and O–H groups in total. The average molecular weight is 280 g/mol. The van der Waals surface area contributed by atoms with E-state index in [-0.39, 0.29) is 11.7 Å². The molecule has 0 aliphatic heterocycles. The maximum Gasteiger partial charge on any atom is 0.175 e. The van der Waals surface area contributed by atoms with Crippen LogP contribution in [0.2, 0.25) is 0 Å². The highest BCUT2D eigenvalue weighted by molar-refractivity contribution is 7.17. The Bertz CT molecular complexity index is 762. The molecule has 0 aliphatic carbocycles. The molecule has 3 rings (SSSR count). The van der Waals surface area contributed by atoms with Crippen LogP contribution in [0.1, 0.15) is 23.5 Å². The van der Waals surface area contributed by atoms with E-state index in [1.165, 1.54) is 16.3 Å². The van der Waals surface area contributed by atoms with Crippen molar-refractivity contribution in [2.75, 3.05) is 0 Å². The minimum Gasteiger partial charge on any atom is -0.293 e. The molecular formula is C18H16OS. The molecule has 3 aromatic rings. The molecule has 1 aromatic heterocycles. The van der Waals surface area contributed by atoms with Gasteiger partial charge in [-0.05, 0) is 28.5 Å². The molecule has 2 aromatic carbocycles. The summed E-state index contributed by atoms with van der Waals surface area (Å²) in [5.41, 5.74) is 1.20. The molecule has 0 spiro atoms. The monoisotopic (exact) mass is 280 g/mol. The lowest BCUT2D eigenvalue weighted by atomic mass is 10.0. The van der Waals surface area contributed by atoms with Crippen molar-refractivity contribution in [3.63, 3.8) is 0 Å². The molecular weight excluding hydrogens is 264 g/mol. The number of rotatable bonds is 3. The third kappa shape index (κ3) is 2.27. The summed E-state index contributed by atoms with van der Waals surface area (Å²) in [4.78, 5) is 14.1. The van der Waals surface area contributed by atoms with Crippen LogP contribution in [0.15, 0.2) is 54.6 Å². The maximum atomic E-state index is 12.1. The predicted molar refractivity (Wildman–Crippen MR) is 86.4 cm³/mol. The summed E-state index contributed by atoms with van der Waals surface area (Å²) in [5, 5.41) is 2.47. The summed E-state index contributed by atoms with van der Waals surface area (Å²) in [6.07, 6.45) is 0. The molecule has 0 saturated heterocycles. The minimum absolute atomic E-state index is 0.0500. The highest BCUT2D eigenvalue weighted by Crippen LogP contribution is 2.34. The molecule has 0 atom stereocenters. The van der Waals surface area contributed by atoms with Gasteiger partial charge in [-0.25, -0.2) is 0 Å². The largest absolute Gasteiger partial charge is 0.293 e. The van der Waals surface area contributed by atoms with Gasteiger partial charge >= 0.3 is 0 Å². The fraction of sp³-hybridized carbons (Fsp3) is 0.167. The number of hydrogen-bond acceptors (Lipinski definition) is 2. The van der Waals surface area contributed by atoms with E-state index in [0.717, 1.165) is 9.75 Å². The average Bonchev–Trinajstić information content (AvgIpc) is 2.95. The van der Waals surface area contributed by atoms with Crippen LogP contribution in [-0.4, -0.2) is 5.78 Å². The first-order valence-corrected chi connectivity index (χ1v) is 7.60. The number of ketones is 1. The van der Waals surface area contributed by atoms with Crippen LogP contribution < -0.4 is 0 Å². The van der Waals surface area contributed by atoms with Gasteiger partial charge in [-0.3, -0.25) is 4.79 Å². The quantitative estimate of drug-likeness (QED) is 0.586. The predicted octanol–water partition coefficient (Wildman–Crippen LogP) is 5.41. The second-order valence-electron chi connectivity index (χ2n) is 5.21. The summed E-state index contributed by atoms with van der Waals surface area (Å²) in [6.45, 7) is 3.89. The zero-order valence-corrected chi connectivity index (χ0v) is 12.4. The number of benzene rings is 2. The number of carbonyl (C=O) groups is 1. The van der Waals surface area contributed by atoms with E-state index in [2.05, 4.69) is 42.5 Å². The smallest absolute Gasteiger partial charge is 0.175 e. The van der Waals surface area contributed by atoms with Crippen LogP contribution in [0.4, 0.5) is 0 Å². The first-order valence-electron chi connectivity index (χ1n) is 6.79. The maximum absolute atomic E-state index is 12.1. The van der Waals surface area contributed by atoms with Gasteiger partial charge in [0.05, 0.1) is 4.88 Å². The standard InChI is InChI=1S/C18H16OS/c1-12(2)18(19)17-11-10-16(20-17)15-9-5-7-13-6-3-4-8-14(13)15/h3-12H,1-2H3. The van der Waals surface area contributed by atoms with E-state index < -0.39 is 0 Å². The fourth-order valence-corrected chi connectivity index (χ4v) is 3.47. The van der Waals surface area contributed by atoms with E-state index in [1.807, 2.05) is 26.0 Å². The lowest BCUT2D eigenvalue weighted by molar-refractivity contribution is 0.0943. The van der Waals surface area contributed by atoms with Gasteiger partial charge in [0.15, 0.2) is 5.78 Å². The highest BCUT2D eigenvalue weighted by atomic mass is 32.1. The van der Waals surface area contributed by atoms with Gasteiger partial charge in [-0.15, -0.1) is 11.3 Å². The summed E-state index contributed by atoms with van der Waals surface area (Å²) in [7, 11) is 0. The van der Waals surface area contributed by atoms with Crippen LogP contribution >= 0.6 is 11.3 Å². The number of Topliss-reactive ketones (excluding diaryl/α,β-unsaturated/α-hetero) is 1. The van der Waals surface area contributed by atoms with Gasteiger partial charge in [0, 0.05) is 10.8 Å². The third-order valence-corrected chi connectivity index (χ3v) is 4.56. The van der Waals surface area contributed by atoms with Crippen LogP contribution in [0.5, 0.6) is 0 Å². The molecule has 2 heteroatoms. The van der Waals surface area contributed by atoms with Crippen molar-refractivity contribution in [2.24, 2.45) is 5.92 Å². The van der Waals surface area contributed by atoms with Gasteiger partial charge in [-0.2, -0.15) is 0 Å². The van der Waals surface area contributed by atoms with Gasteiger partial charge in [-0.1, -0.05) is 56.3 Å². The van der Waals surface area contributed by atoms with Crippen LogP contribution in [0, 0.1) is 5.92 Å². The topological polar surface area (TPSA) is 17.1 Å². The first-order chi connectivity index (χ1) is 9.66. The summed E-state index contributed by atoms with van der Waals surface area (Å²) in [6, 6.07) is 18.7. The highest BCUT2D eigenvalue weighted by Gasteiger charge is 2.14. The van der Waals surface area contributed by atoms with E-state index in [9.17, 15) is 4.79 Å². The zero-order valence-electron chi connectivity index (χ0n) is 11.6. The van der Waals surface area contributed by atoms with E-state index in [4.69, 9.17) is 0 Å². The van der Waals surface area contributed by atoms with Gasteiger partial charge in [0.25, 0.3) is 0 Å². The second-order valence-corrected chi connectivity index (χ2v) is 6.29. The molecule has 0 aliphatic rings. The van der Waals surface area contributed by atoms with Crippen molar-refractivity contribution in [1.29, 1.82) is 0 Å². The van der Waals surface area contributed by atoms with E-state index >= 15 is 0 Å². The van der Waals surface area contributed by atoms with E-state index in [0.29, 0.717) is 0 Å². The normalized spacial score (nSPS) is 11.2. The molecule has 0 fully saturated rings. The number of carbonyl (C=O) groups excluding carboxylic acids is 1. The van der Waals surface area contributed by atoms with Crippen molar-refractivity contribution < 1.29 is 4.79 Å². The van der Waals surface area contributed by atoms with Gasteiger partial charge in [0.2, 0.25) is 0 Å². The Hall–Kier alpha value is -1.93. The summed E-state index contributed by atoms with van der Waals surface area (Å²) in [5.74, 6) is 0.274. The Balaban J connectivity index is 2.10. The molecule has 20 heavy (non-hydrogen) atoms. The molecule has 0 radical (unpaired) electrons. The van der Waals surface area contributed by atoms with Crippen molar-refractivity contribution in [3.8, 4) is 10.4 Å². The second kappa shape index (κ2) is 5.22. The number of fused-ring (bicyclic) bond motifs is 1. The Morgan fingerprint density at radius 3 is 2.50 bits per heavy atom. The molecule has 0 bridgehead atoms. The molecule has 0 saturated carbocycles. The Labute approximate surface area is 122 Å². The van der Waals surface area contributed by atoms with Crippen LogP contribution in [0.3, 0.4) is 0 Å². The first kappa shape index (κ1) is 13.1. The Kier molecular flexibility index (Phi) is 3.41. The SMILES string of the molecule is CC(C)C(=O)c1ccc(-c2cccc3ccccc23)s1. The molecule has 0 amide bonds. The van der Waals surface area contributed by atoms with Crippen molar-refractivity contribution in [3.05, 3.63) is 59.5 Å². The summed E-state index contributed by atoms with van der Waals surface area (Å²) >= 11 is 1.59. The van der Waals surface area contributed by atoms with Gasteiger partial charge in [0.1, 0.15) is 0 Å². The molecule has 1 nitrogen and oxygen atoms in total. The third-order valence-electron chi connectivity index (χ3n) is 3.43. The Morgan fingerprint density at radius 1 is 0.950 bits per heavy atom. The lowest BCUT2D eigenvalue weighted by Gasteiger charge is -2.04.